The van der Waals surface area contributed by atoms with Gasteiger partial charge in [-0.25, -0.2) is 8.42 Å². The Morgan fingerprint density at radius 3 is 2.33 bits per heavy atom. The normalized spacial score (nSPS) is 10.5. The number of halogens is 2. The van der Waals surface area contributed by atoms with E-state index in [9.17, 15) is 8.42 Å². The van der Waals surface area contributed by atoms with Crippen molar-refractivity contribution in [3.63, 3.8) is 0 Å². The molecule has 0 aromatic heterocycles. The lowest BCUT2D eigenvalue weighted by molar-refractivity contribution is 0.598. The highest BCUT2D eigenvalue weighted by Crippen LogP contribution is 2.26. The molecule has 1 N–H and O–H groups in total. The van der Waals surface area contributed by atoms with Crippen LogP contribution in [0.2, 0.25) is 10.0 Å². The Morgan fingerprint density at radius 2 is 1.83 bits per heavy atom. The molecule has 0 unspecified atom stereocenters. The fraction of sp³-hybridized carbons (Fsp3) is 0.500. The largest absolute Gasteiger partial charge is 0.282 e. The molecule has 6 heteroatoms. The Balaban J connectivity index is 0.00000137. The Hall–Kier alpha value is -0.450. The van der Waals surface area contributed by atoms with E-state index in [1.807, 2.05) is 20.8 Å². The van der Waals surface area contributed by atoms with E-state index in [2.05, 4.69) is 4.72 Å². The first-order chi connectivity index (χ1) is 8.44. The van der Waals surface area contributed by atoms with Gasteiger partial charge in [-0.05, 0) is 24.6 Å². The molecule has 0 bridgehead atoms. The Bertz CT molecular complexity index is 461. The molecule has 0 saturated heterocycles. The van der Waals surface area contributed by atoms with Crippen LogP contribution in [0.4, 0.5) is 5.69 Å². The molecule has 0 saturated carbocycles. The fourth-order valence-electron chi connectivity index (χ4n) is 1.13. The van der Waals surface area contributed by atoms with Gasteiger partial charge in [0.1, 0.15) is 0 Å². The lowest BCUT2D eigenvalue weighted by Gasteiger charge is -2.09. The summed E-state index contributed by atoms with van der Waals surface area (Å²) < 4.78 is 25.6. The summed E-state index contributed by atoms with van der Waals surface area (Å²) in [6.07, 6.45) is 1.45. The number of hydrogen-bond acceptors (Lipinski definition) is 2. The predicted molar refractivity (Wildman–Crippen MR) is 80.1 cm³/mol. The number of anilines is 1. The first-order valence-electron chi connectivity index (χ1n) is 5.90. The number of hydrogen-bond donors (Lipinski definition) is 1. The second-order valence-electron chi connectivity index (χ2n) is 3.40. The summed E-state index contributed by atoms with van der Waals surface area (Å²) in [7, 11) is -3.31. The van der Waals surface area contributed by atoms with Gasteiger partial charge in [-0.1, -0.05) is 50.4 Å². The summed E-state index contributed by atoms with van der Waals surface area (Å²) in [5, 5.41) is 0.772. The lowest BCUT2D eigenvalue weighted by atomic mass is 10.3. The minimum absolute atomic E-state index is 0.0997. The molecule has 0 spiro atoms. The van der Waals surface area contributed by atoms with E-state index in [1.165, 1.54) is 6.07 Å². The van der Waals surface area contributed by atoms with Gasteiger partial charge in [-0.15, -0.1) is 0 Å². The fourth-order valence-corrected chi connectivity index (χ4v) is 2.92. The second kappa shape index (κ2) is 8.62. The van der Waals surface area contributed by atoms with Gasteiger partial charge in [0.2, 0.25) is 10.0 Å². The van der Waals surface area contributed by atoms with E-state index in [0.29, 0.717) is 22.2 Å². The highest BCUT2D eigenvalue weighted by atomic mass is 35.5. The highest BCUT2D eigenvalue weighted by molar-refractivity contribution is 7.92. The average Bonchev–Trinajstić information content (AvgIpc) is 2.33. The molecule has 0 radical (unpaired) electrons. The van der Waals surface area contributed by atoms with Crippen LogP contribution in [0.3, 0.4) is 0 Å². The van der Waals surface area contributed by atoms with E-state index in [-0.39, 0.29) is 5.75 Å². The second-order valence-corrected chi connectivity index (χ2v) is 6.08. The average molecular weight is 312 g/mol. The van der Waals surface area contributed by atoms with Crippen molar-refractivity contribution in [2.24, 2.45) is 0 Å². The molecule has 1 rings (SSSR count). The molecule has 0 aliphatic heterocycles. The maximum absolute atomic E-state index is 11.6. The summed E-state index contributed by atoms with van der Waals surface area (Å²) in [6, 6.07) is 4.64. The van der Waals surface area contributed by atoms with Crippen LogP contribution in [0.15, 0.2) is 18.2 Å². The molecule has 0 atom stereocenters. The highest BCUT2D eigenvalue weighted by Gasteiger charge is 2.11. The molecule has 1 aromatic carbocycles. The predicted octanol–water partition coefficient (Wildman–Crippen LogP) is 4.56. The molecular formula is C12H19Cl2NO2S. The van der Waals surface area contributed by atoms with E-state index in [0.717, 1.165) is 6.42 Å². The molecule has 18 heavy (non-hydrogen) atoms. The van der Waals surface area contributed by atoms with E-state index in [4.69, 9.17) is 23.2 Å². The zero-order valence-electron chi connectivity index (χ0n) is 10.8. The molecule has 0 fully saturated rings. The summed E-state index contributed by atoms with van der Waals surface area (Å²) in [4.78, 5) is 0. The molecule has 104 valence electrons. The zero-order chi connectivity index (χ0) is 14.2. The zero-order valence-corrected chi connectivity index (χ0v) is 13.2. The minimum atomic E-state index is -3.31. The first kappa shape index (κ1) is 17.6. The molecule has 0 aliphatic carbocycles. The van der Waals surface area contributed by atoms with Crippen LogP contribution in [0.5, 0.6) is 0 Å². The molecule has 0 heterocycles. The van der Waals surface area contributed by atoms with Crippen molar-refractivity contribution in [2.75, 3.05) is 10.5 Å². The summed E-state index contributed by atoms with van der Waals surface area (Å²) in [5.41, 5.74) is 0.363. The standard InChI is InChI=1S/C10H13Cl2NO2S.C2H6/c1-2-3-6-16(14,15)13-10-5-4-8(11)7-9(10)12;1-2/h4-5,7,13H,2-3,6H2,1H3;1-2H3. The van der Waals surface area contributed by atoms with Gasteiger partial charge >= 0.3 is 0 Å². The van der Waals surface area contributed by atoms with Crippen molar-refractivity contribution < 1.29 is 8.42 Å². The summed E-state index contributed by atoms with van der Waals surface area (Å²) in [5.74, 6) is 0.0997. The number of rotatable bonds is 5. The molecule has 1 aromatic rings. The van der Waals surface area contributed by atoms with Gasteiger partial charge in [-0.2, -0.15) is 0 Å². The lowest BCUT2D eigenvalue weighted by Crippen LogP contribution is -2.16. The number of unbranched alkanes of at least 4 members (excludes halogenated alkanes) is 1. The smallest absolute Gasteiger partial charge is 0.232 e. The third kappa shape index (κ3) is 6.47. The van der Waals surface area contributed by atoms with Gasteiger partial charge in [0.25, 0.3) is 0 Å². The first-order valence-corrected chi connectivity index (χ1v) is 8.31. The number of sulfonamides is 1. The third-order valence-electron chi connectivity index (χ3n) is 1.96. The van der Waals surface area contributed by atoms with Gasteiger partial charge in [0, 0.05) is 5.02 Å². The van der Waals surface area contributed by atoms with Crippen LogP contribution in [0, 0.1) is 0 Å². The van der Waals surface area contributed by atoms with Crippen LogP contribution in [-0.2, 0) is 10.0 Å². The van der Waals surface area contributed by atoms with Crippen molar-refractivity contribution in [1.29, 1.82) is 0 Å². The van der Waals surface area contributed by atoms with Crippen LogP contribution >= 0.6 is 23.2 Å². The molecule has 3 nitrogen and oxygen atoms in total. The maximum atomic E-state index is 11.6. The van der Waals surface area contributed by atoms with E-state index < -0.39 is 10.0 Å². The van der Waals surface area contributed by atoms with Crippen molar-refractivity contribution in [3.05, 3.63) is 28.2 Å². The monoisotopic (exact) mass is 311 g/mol. The van der Waals surface area contributed by atoms with Gasteiger partial charge < -0.3 is 0 Å². The number of nitrogens with one attached hydrogen (secondary N) is 1. The van der Waals surface area contributed by atoms with Crippen molar-refractivity contribution in [2.45, 2.75) is 33.6 Å². The van der Waals surface area contributed by atoms with Crippen LogP contribution in [-0.4, -0.2) is 14.2 Å². The Morgan fingerprint density at radius 1 is 1.22 bits per heavy atom. The van der Waals surface area contributed by atoms with Crippen LogP contribution in [0.25, 0.3) is 0 Å². The van der Waals surface area contributed by atoms with Crippen molar-refractivity contribution in [3.8, 4) is 0 Å². The minimum Gasteiger partial charge on any atom is -0.282 e. The van der Waals surface area contributed by atoms with E-state index >= 15 is 0 Å². The van der Waals surface area contributed by atoms with Crippen LogP contribution < -0.4 is 4.72 Å². The Labute approximate surface area is 120 Å². The van der Waals surface area contributed by atoms with Crippen molar-refractivity contribution in [1.82, 2.24) is 0 Å². The SMILES string of the molecule is CC.CCCCS(=O)(=O)Nc1ccc(Cl)cc1Cl. The Kier molecular flexibility index (Phi) is 8.40. The van der Waals surface area contributed by atoms with Crippen molar-refractivity contribution >= 4 is 38.9 Å². The summed E-state index contributed by atoms with van der Waals surface area (Å²) in [6.45, 7) is 5.94. The molecular weight excluding hydrogens is 293 g/mol. The molecule has 0 amide bonds. The van der Waals surface area contributed by atoms with Gasteiger partial charge in [0.05, 0.1) is 16.5 Å². The quantitative estimate of drug-likeness (QED) is 0.866. The topological polar surface area (TPSA) is 46.2 Å². The van der Waals surface area contributed by atoms with E-state index in [1.54, 1.807) is 12.1 Å². The molecule has 0 aliphatic rings. The van der Waals surface area contributed by atoms with Gasteiger partial charge in [0.15, 0.2) is 0 Å². The third-order valence-corrected chi connectivity index (χ3v) is 3.87. The summed E-state index contributed by atoms with van der Waals surface area (Å²) >= 11 is 11.6. The number of benzene rings is 1. The van der Waals surface area contributed by atoms with Gasteiger partial charge in [-0.3, -0.25) is 4.72 Å². The van der Waals surface area contributed by atoms with Crippen LogP contribution in [0.1, 0.15) is 33.6 Å². The maximum Gasteiger partial charge on any atom is 0.232 e.